The number of halogens is 1. The van der Waals surface area contributed by atoms with E-state index in [0.29, 0.717) is 5.02 Å². The van der Waals surface area contributed by atoms with Crippen LogP contribution in [0.2, 0.25) is 5.02 Å². The maximum absolute atomic E-state index is 9.51. The van der Waals surface area contributed by atoms with Crippen molar-refractivity contribution in [2.45, 2.75) is 31.4 Å². The minimum atomic E-state index is -0.0195. The predicted molar refractivity (Wildman–Crippen MR) is 80.9 cm³/mol. The molecule has 1 aliphatic carbocycles. The first kappa shape index (κ1) is 14.6. The van der Waals surface area contributed by atoms with Gasteiger partial charge in [-0.25, -0.2) is 0 Å². The fourth-order valence-corrected chi connectivity index (χ4v) is 3.15. The lowest BCUT2D eigenvalue weighted by atomic mass is 9.75. The van der Waals surface area contributed by atoms with E-state index in [1.54, 1.807) is 0 Å². The molecule has 0 atom stereocenters. The lowest BCUT2D eigenvalue weighted by Crippen LogP contribution is -2.56. The Bertz CT molecular complexity index is 444. The van der Waals surface area contributed by atoms with Crippen molar-refractivity contribution in [1.29, 1.82) is 0 Å². The molecule has 1 aromatic carbocycles. The summed E-state index contributed by atoms with van der Waals surface area (Å²) in [6.07, 6.45) is 3.77. The standard InChI is InChI=1S/C15H23ClN2O/c1-17(2)15(8-5-9-15)11-18(3)14-7-4-6-13(16)12(14)10-19/h4,6-7,19H,5,8-11H2,1-3H3. The van der Waals surface area contributed by atoms with Gasteiger partial charge in [-0.2, -0.15) is 0 Å². The van der Waals surface area contributed by atoms with Crippen LogP contribution < -0.4 is 4.90 Å². The van der Waals surface area contributed by atoms with Gasteiger partial charge in [-0.1, -0.05) is 17.7 Å². The molecule has 0 aromatic heterocycles. The normalized spacial score (nSPS) is 17.4. The van der Waals surface area contributed by atoms with Gasteiger partial charge < -0.3 is 14.9 Å². The summed E-state index contributed by atoms with van der Waals surface area (Å²) in [4.78, 5) is 4.55. The van der Waals surface area contributed by atoms with Crippen molar-refractivity contribution in [1.82, 2.24) is 4.90 Å². The first-order valence-electron chi connectivity index (χ1n) is 6.77. The molecule has 106 valence electrons. The van der Waals surface area contributed by atoms with E-state index in [9.17, 15) is 5.11 Å². The molecule has 19 heavy (non-hydrogen) atoms. The van der Waals surface area contributed by atoms with Gasteiger partial charge in [0.2, 0.25) is 0 Å². The molecular formula is C15H23ClN2O. The highest BCUT2D eigenvalue weighted by Crippen LogP contribution is 2.38. The monoisotopic (exact) mass is 282 g/mol. The van der Waals surface area contributed by atoms with Gasteiger partial charge in [0.1, 0.15) is 0 Å². The van der Waals surface area contributed by atoms with E-state index < -0.39 is 0 Å². The molecule has 1 N–H and O–H groups in total. The third-order valence-electron chi connectivity index (χ3n) is 4.43. The Morgan fingerprint density at radius 2 is 1.95 bits per heavy atom. The minimum Gasteiger partial charge on any atom is -0.392 e. The van der Waals surface area contributed by atoms with E-state index in [2.05, 4.69) is 30.9 Å². The Balaban J connectivity index is 2.20. The predicted octanol–water partition coefficient (Wildman–Crippen LogP) is 2.75. The summed E-state index contributed by atoms with van der Waals surface area (Å²) in [6, 6.07) is 5.80. The molecule has 0 aliphatic heterocycles. The Morgan fingerprint density at radius 1 is 1.26 bits per heavy atom. The van der Waals surface area contributed by atoms with Crippen molar-refractivity contribution in [2.24, 2.45) is 0 Å². The van der Waals surface area contributed by atoms with Crippen LogP contribution in [0, 0.1) is 0 Å². The Hall–Kier alpha value is -0.770. The summed E-state index contributed by atoms with van der Waals surface area (Å²) in [5.74, 6) is 0. The molecule has 0 saturated heterocycles. The van der Waals surface area contributed by atoms with Crippen LogP contribution in [-0.4, -0.2) is 43.2 Å². The van der Waals surface area contributed by atoms with Crippen LogP contribution >= 0.6 is 11.6 Å². The van der Waals surface area contributed by atoms with E-state index >= 15 is 0 Å². The van der Waals surface area contributed by atoms with Gasteiger partial charge in [0.25, 0.3) is 0 Å². The zero-order chi connectivity index (χ0) is 14.0. The van der Waals surface area contributed by atoms with Crippen molar-refractivity contribution in [3.05, 3.63) is 28.8 Å². The van der Waals surface area contributed by atoms with Crippen molar-refractivity contribution in [3.63, 3.8) is 0 Å². The summed E-state index contributed by atoms with van der Waals surface area (Å²) in [5.41, 5.74) is 2.12. The van der Waals surface area contributed by atoms with Crippen LogP contribution in [0.3, 0.4) is 0 Å². The lowest BCUT2D eigenvalue weighted by Gasteiger charge is -2.49. The molecule has 0 unspecified atom stereocenters. The van der Waals surface area contributed by atoms with Gasteiger partial charge >= 0.3 is 0 Å². The van der Waals surface area contributed by atoms with Gasteiger partial charge in [-0.05, 0) is 45.5 Å². The minimum absolute atomic E-state index is 0.0195. The van der Waals surface area contributed by atoms with Crippen molar-refractivity contribution >= 4 is 17.3 Å². The number of aliphatic hydroxyl groups is 1. The highest BCUT2D eigenvalue weighted by molar-refractivity contribution is 6.31. The molecule has 0 spiro atoms. The number of rotatable bonds is 5. The molecule has 1 aromatic rings. The molecule has 1 saturated carbocycles. The molecule has 0 amide bonds. The highest BCUT2D eigenvalue weighted by Gasteiger charge is 2.40. The van der Waals surface area contributed by atoms with Crippen LogP contribution in [0.4, 0.5) is 5.69 Å². The third-order valence-corrected chi connectivity index (χ3v) is 4.78. The van der Waals surface area contributed by atoms with Crippen LogP contribution in [0.15, 0.2) is 18.2 Å². The number of aliphatic hydroxyl groups excluding tert-OH is 1. The first-order valence-corrected chi connectivity index (χ1v) is 7.15. The van der Waals surface area contributed by atoms with Gasteiger partial charge in [-0.15, -0.1) is 0 Å². The number of anilines is 1. The molecule has 2 rings (SSSR count). The van der Waals surface area contributed by atoms with Gasteiger partial charge in [0.15, 0.2) is 0 Å². The van der Waals surface area contributed by atoms with Crippen molar-refractivity contribution in [2.75, 3.05) is 32.6 Å². The zero-order valence-corrected chi connectivity index (χ0v) is 12.7. The molecule has 3 nitrogen and oxygen atoms in total. The van der Waals surface area contributed by atoms with E-state index in [-0.39, 0.29) is 12.1 Å². The average Bonchev–Trinajstić information content (AvgIpc) is 2.32. The van der Waals surface area contributed by atoms with Gasteiger partial charge in [-0.3, -0.25) is 0 Å². The Morgan fingerprint density at radius 3 is 2.42 bits per heavy atom. The maximum Gasteiger partial charge on any atom is 0.0716 e. The second-order valence-corrected chi connectivity index (χ2v) is 6.13. The van der Waals surface area contributed by atoms with E-state index in [4.69, 9.17) is 11.6 Å². The van der Waals surface area contributed by atoms with Crippen LogP contribution in [0.5, 0.6) is 0 Å². The molecule has 1 aliphatic rings. The smallest absolute Gasteiger partial charge is 0.0716 e. The molecule has 0 bridgehead atoms. The zero-order valence-electron chi connectivity index (χ0n) is 12.0. The molecule has 1 fully saturated rings. The summed E-state index contributed by atoms with van der Waals surface area (Å²) in [6.45, 7) is 0.946. The van der Waals surface area contributed by atoms with Crippen LogP contribution in [0.25, 0.3) is 0 Å². The van der Waals surface area contributed by atoms with E-state index in [1.807, 2.05) is 18.2 Å². The van der Waals surface area contributed by atoms with E-state index in [0.717, 1.165) is 17.8 Å². The quantitative estimate of drug-likeness (QED) is 0.900. The van der Waals surface area contributed by atoms with Crippen molar-refractivity contribution in [3.8, 4) is 0 Å². The number of benzene rings is 1. The third kappa shape index (κ3) is 2.73. The second kappa shape index (κ2) is 5.70. The summed E-state index contributed by atoms with van der Waals surface area (Å²) >= 11 is 6.16. The summed E-state index contributed by atoms with van der Waals surface area (Å²) in [7, 11) is 6.38. The number of hydrogen-bond donors (Lipinski definition) is 1. The molecule has 4 heteroatoms. The SMILES string of the molecule is CN(CC1(N(C)C)CCC1)c1cccc(Cl)c1CO. The largest absolute Gasteiger partial charge is 0.392 e. The number of hydrogen-bond acceptors (Lipinski definition) is 3. The maximum atomic E-state index is 9.51. The van der Waals surface area contributed by atoms with Crippen LogP contribution in [-0.2, 0) is 6.61 Å². The Labute approximate surface area is 120 Å². The van der Waals surface area contributed by atoms with Crippen molar-refractivity contribution < 1.29 is 5.11 Å². The topological polar surface area (TPSA) is 26.7 Å². The fourth-order valence-electron chi connectivity index (χ4n) is 2.92. The van der Waals surface area contributed by atoms with Gasteiger partial charge in [0, 0.05) is 35.4 Å². The summed E-state index contributed by atoms with van der Waals surface area (Å²) in [5, 5.41) is 10.1. The molecule has 0 heterocycles. The first-order chi connectivity index (χ1) is 9.00. The second-order valence-electron chi connectivity index (χ2n) is 5.72. The Kier molecular flexibility index (Phi) is 4.39. The number of nitrogens with zero attached hydrogens (tertiary/aromatic N) is 2. The van der Waals surface area contributed by atoms with Gasteiger partial charge in [0.05, 0.1) is 6.61 Å². The number of likely N-dealkylation sites (N-methyl/N-ethyl adjacent to an activating group) is 2. The lowest BCUT2D eigenvalue weighted by molar-refractivity contribution is 0.0682. The molecular weight excluding hydrogens is 260 g/mol. The summed E-state index contributed by atoms with van der Waals surface area (Å²) < 4.78 is 0. The molecule has 0 radical (unpaired) electrons. The fraction of sp³-hybridized carbons (Fsp3) is 0.600. The average molecular weight is 283 g/mol. The van der Waals surface area contributed by atoms with E-state index in [1.165, 1.54) is 19.3 Å². The highest BCUT2D eigenvalue weighted by atomic mass is 35.5. The van der Waals surface area contributed by atoms with Crippen LogP contribution in [0.1, 0.15) is 24.8 Å².